The van der Waals surface area contributed by atoms with Crippen molar-refractivity contribution in [3.63, 3.8) is 0 Å². The molecule has 2 aromatic rings. The number of para-hydroxylation sites is 1. The highest BCUT2D eigenvalue weighted by Crippen LogP contribution is 2.27. The van der Waals surface area contributed by atoms with Gasteiger partial charge in [0.25, 0.3) is 5.82 Å². The number of hydrazone groups is 1. The quantitative estimate of drug-likeness (QED) is 0.174. The molecule has 0 fully saturated rings. The van der Waals surface area contributed by atoms with Gasteiger partial charge in [-0.3, -0.25) is 10.2 Å². The summed E-state index contributed by atoms with van der Waals surface area (Å²) in [4.78, 5) is 12.6. The van der Waals surface area contributed by atoms with Gasteiger partial charge < -0.3 is 10.9 Å². The van der Waals surface area contributed by atoms with Gasteiger partial charge >= 0.3 is 0 Å². The van der Waals surface area contributed by atoms with Crippen molar-refractivity contribution in [2.45, 2.75) is 13.8 Å². The van der Waals surface area contributed by atoms with Gasteiger partial charge in [0.05, 0.1) is 12.3 Å². The zero-order valence-corrected chi connectivity index (χ0v) is 15.2. The molecule has 0 atom stereocenters. The normalized spacial score (nSPS) is 11.4. The third-order valence-corrected chi connectivity index (χ3v) is 3.69. The lowest BCUT2D eigenvalue weighted by atomic mass is 9.99. The fourth-order valence-corrected chi connectivity index (χ4v) is 2.51. The van der Waals surface area contributed by atoms with Crippen LogP contribution in [0.2, 0.25) is 0 Å². The molecule has 140 valence electrons. The molecule has 0 radical (unpaired) electrons. The summed E-state index contributed by atoms with van der Waals surface area (Å²) in [5.41, 5.74) is 9.22. The molecule has 0 aliphatic rings. The SMILES string of the molecule is C=[N+]([O-])c1ccc(/C=C/C=N\NC(=N)N)n1-c1ccccc1C(=O)C(C)C. The first-order valence-electron chi connectivity index (χ1n) is 8.25. The van der Waals surface area contributed by atoms with E-state index < -0.39 is 0 Å². The Morgan fingerprint density at radius 3 is 2.70 bits per heavy atom. The highest BCUT2D eigenvalue weighted by Gasteiger charge is 2.23. The molecule has 0 aliphatic carbocycles. The Balaban J connectivity index is 2.53. The number of hydrogen-bond donors (Lipinski definition) is 3. The van der Waals surface area contributed by atoms with E-state index in [1.807, 2.05) is 13.8 Å². The van der Waals surface area contributed by atoms with E-state index in [0.29, 0.717) is 21.7 Å². The van der Waals surface area contributed by atoms with Crippen LogP contribution in [0.15, 0.2) is 47.6 Å². The van der Waals surface area contributed by atoms with Gasteiger partial charge in [-0.2, -0.15) is 9.67 Å². The van der Waals surface area contributed by atoms with E-state index >= 15 is 0 Å². The first-order valence-corrected chi connectivity index (χ1v) is 8.25. The summed E-state index contributed by atoms with van der Waals surface area (Å²) in [6.07, 6.45) is 4.76. The predicted octanol–water partition coefficient (Wildman–Crippen LogP) is 2.64. The van der Waals surface area contributed by atoms with Gasteiger partial charge in [-0.05, 0) is 30.4 Å². The summed E-state index contributed by atoms with van der Waals surface area (Å²) in [5.74, 6) is -0.186. The average molecular weight is 366 g/mol. The standard InChI is InChI=1S/C19H22N6O2/c1-13(2)18(26)15-8-4-5-9-16(15)25-14(10-11-17(25)24(3)27)7-6-12-22-23-19(20)21/h4-13H,3H2,1-2H3,(H4,20,21,23)/b7-6+,22-12-. The number of nitrogens with one attached hydrogen (secondary N) is 2. The number of benzene rings is 1. The second kappa shape index (κ2) is 8.61. The van der Waals surface area contributed by atoms with Crippen molar-refractivity contribution in [1.29, 1.82) is 5.41 Å². The molecule has 0 spiro atoms. The van der Waals surface area contributed by atoms with Crippen LogP contribution in [-0.4, -0.2) is 34.0 Å². The Morgan fingerprint density at radius 1 is 1.37 bits per heavy atom. The predicted molar refractivity (Wildman–Crippen MR) is 108 cm³/mol. The molecule has 1 aromatic carbocycles. The molecule has 8 heteroatoms. The molecule has 2 rings (SSSR count). The van der Waals surface area contributed by atoms with Gasteiger partial charge in [0, 0.05) is 18.2 Å². The van der Waals surface area contributed by atoms with Crippen molar-refractivity contribution in [3.8, 4) is 5.69 Å². The molecule has 1 aromatic heterocycles. The minimum absolute atomic E-state index is 0.0195. The smallest absolute Gasteiger partial charge is 0.289 e. The number of hydrogen-bond acceptors (Lipinski definition) is 4. The molecule has 1 heterocycles. The lowest BCUT2D eigenvalue weighted by Gasteiger charge is -2.13. The lowest BCUT2D eigenvalue weighted by Crippen LogP contribution is -2.25. The summed E-state index contributed by atoms with van der Waals surface area (Å²) in [5, 5.41) is 22.7. The van der Waals surface area contributed by atoms with E-state index in [1.165, 1.54) is 6.21 Å². The molecule has 0 saturated carbocycles. The van der Waals surface area contributed by atoms with E-state index in [-0.39, 0.29) is 23.5 Å². The van der Waals surface area contributed by atoms with Gasteiger partial charge in [-0.15, -0.1) is 0 Å². The van der Waals surface area contributed by atoms with Crippen molar-refractivity contribution in [2.75, 3.05) is 0 Å². The zero-order valence-electron chi connectivity index (χ0n) is 15.2. The van der Waals surface area contributed by atoms with Gasteiger partial charge in [0.1, 0.15) is 11.4 Å². The molecule has 0 aliphatic heterocycles. The van der Waals surface area contributed by atoms with E-state index in [0.717, 1.165) is 0 Å². The molecular formula is C19H22N6O2. The van der Waals surface area contributed by atoms with Crippen LogP contribution < -0.4 is 11.2 Å². The molecule has 0 bridgehead atoms. The monoisotopic (exact) mass is 366 g/mol. The van der Waals surface area contributed by atoms with Crippen molar-refractivity contribution in [2.24, 2.45) is 16.8 Å². The summed E-state index contributed by atoms with van der Waals surface area (Å²) >= 11 is 0. The van der Waals surface area contributed by atoms with Crippen LogP contribution in [0, 0.1) is 16.5 Å². The number of allylic oxidation sites excluding steroid dienone is 1. The Morgan fingerprint density at radius 2 is 2.07 bits per heavy atom. The minimum atomic E-state index is -0.273. The first-order chi connectivity index (χ1) is 12.8. The first kappa shape index (κ1) is 19.6. The van der Waals surface area contributed by atoms with Crippen molar-refractivity contribution >= 4 is 36.6 Å². The number of ketones is 1. The van der Waals surface area contributed by atoms with Crippen LogP contribution in [0.1, 0.15) is 29.9 Å². The summed E-state index contributed by atoms with van der Waals surface area (Å²) in [6, 6.07) is 10.5. The third-order valence-electron chi connectivity index (χ3n) is 3.69. The van der Waals surface area contributed by atoms with Crippen LogP contribution in [0.5, 0.6) is 0 Å². The number of Topliss-reactive ketones (excluding diaryl/α,β-unsaturated/α-hetero) is 1. The number of aromatic nitrogens is 1. The molecule has 8 nitrogen and oxygen atoms in total. The number of nitrogens with zero attached hydrogens (tertiary/aromatic N) is 3. The van der Waals surface area contributed by atoms with Crippen LogP contribution in [0.4, 0.5) is 5.82 Å². The number of guanidine groups is 1. The topological polar surface area (TPSA) is 122 Å². The fraction of sp³-hybridized carbons (Fsp3) is 0.158. The van der Waals surface area contributed by atoms with Crippen molar-refractivity contribution < 1.29 is 9.53 Å². The van der Waals surface area contributed by atoms with E-state index in [1.54, 1.807) is 53.1 Å². The molecule has 0 unspecified atom stereocenters. The third kappa shape index (κ3) is 4.69. The van der Waals surface area contributed by atoms with Gasteiger partial charge in [-0.25, -0.2) is 10.2 Å². The van der Waals surface area contributed by atoms with Crippen LogP contribution in [0.25, 0.3) is 11.8 Å². The maximum absolute atomic E-state index is 12.6. The van der Waals surface area contributed by atoms with E-state index in [2.05, 4.69) is 17.2 Å². The Bertz CT molecular complexity index is 924. The largest absolute Gasteiger partial charge is 0.711 e. The zero-order chi connectivity index (χ0) is 20.0. The number of rotatable bonds is 7. The van der Waals surface area contributed by atoms with Crippen molar-refractivity contribution in [1.82, 2.24) is 9.99 Å². The lowest BCUT2D eigenvalue weighted by molar-refractivity contribution is -0.356. The Kier molecular flexibility index (Phi) is 6.27. The summed E-state index contributed by atoms with van der Waals surface area (Å²) in [7, 11) is 0. The van der Waals surface area contributed by atoms with Crippen LogP contribution >= 0.6 is 0 Å². The van der Waals surface area contributed by atoms with Crippen LogP contribution in [-0.2, 0) is 0 Å². The van der Waals surface area contributed by atoms with E-state index in [4.69, 9.17) is 11.1 Å². The number of carbonyl (C=O) groups excluding carboxylic acids is 1. The van der Waals surface area contributed by atoms with Crippen LogP contribution in [0.3, 0.4) is 0 Å². The molecule has 0 amide bonds. The average Bonchev–Trinajstić information content (AvgIpc) is 3.04. The molecule has 0 saturated heterocycles. The van der Waals surface area contributed by atoms with Gasteiger partial charge in [0.2, 0.25) is 5.96 Å². The molecule has 4 N–H and O–H groups in total. The molecular weight excluding hydrogens is 344 g/mol. The highest BCUT2D eigenvalue weighted by atomic mass is 16.5. The second-order valence-electron chi connectivity index (χ2n) is 6.03. The Hall–Kier alpha value is -3.68. The van der Waals surface area contributed by atoms with Gasteiger partial charge in [0.15, 0.2) is 5.78 Å². The molecule has 27 heavy (non-hydrogen) atoms. The van der Waals surface area contributed by atoms with E-state index in [9.17, 15) is 10.0 Å². The fourth-order valence-electron chi connectivity index (χ4n) is 2.51. The maximum Gasteiger partial charge on any atom is 0.289 e. The summed E-state index contributed by atoms with van der Waals surface area (Å²) < 4.78 is 2.16. The second-order valence-corrected chi connectivity index (χ2v) is 6.03. The number of carbonyl (C=O) groups is 1. The number of nitrogens with two attached hydrogens (primary N) is 1. The summed E-state index contributed by atoms with van der Waals surface area (Å²) in [6.45, 7) is 7.08. The minimum Gasteiger partial charge on any atom is -0.711 e. The van der Waals surface area contributed by atoms with Crippen molar-refractivity contribution in [3.05, 3.63) is 58.9 Å². The van der Waals surface area contributed by atoms with Gasteiger partial charge in [-0.1, -0.05) is 26.0 Å². The Labute approximate surface area is 157 Å². The maximum atomic E-state index is 12.6. The highest BCUT2D eigenvalue weighted by molar-refractivity contribution is 6.01.